The Kier molecular flexibility index (Phi) is 4.83. The number of hydrogen-bond acceptors (Lipinski definition) is 5. The van der Waals surface area contributed by atoms with Crippen LogP contribution in [0.4, 0.5) is 5.82 Å². The summed E-state index contributed by atoms with van der Waals surface area (Å²) >= 11 is 0. The van der Waals surface area contributed by atoms with Crippen molar-refractivity contribution >= 4 is 5.82 Å². The molecule has 0 saturated carbocycles. The number of fused-ring (bicyclic) bond motifs is 2. The molecule has 3 heterocycles. The molecular weight excluding hydrogens is 314 g/mol. The van der Waals surface area contributed by atoms with Gasteiger partial charge in [-0.05, 0) is 37.3 Å². The highest BCUT2D eigenvalue weighted by Gasteiger charge is 2.25. The third-order valence-corrected chi connectivity index (χ3v) is 5.19. The number of aromatic nitrogens is 2. The molecule has 0 spiro atoms. The van der Waals surface area contributed by atoms with Crippen LogP contribution in [0.2, 0.25) is 0 Å². The van der Waals surface area contributed by atoms with Crippen LogP contribution < -0.4 is 9.64 Å². The minimum atomic E-state index is 0.517. The second kappa shape index (κ2) is 7.40. The van der Waals surface area contributed by atoms with Gasteiger partial charge >= 0.3 is 0 Å². The van der Waals surface area contributed by atoms with Crippen molar-refractivity contribution in [3.8, 4) is 5.75 Å². The lowest BCUT2D eigenvalue weighted by Gasteiger charge is -2.33. The molecule has 0 radical (unpaired) electrons. The topological polar surface area (TPSA) is 47.5 Å². The standard InChI is InChI=1S/C20H25N3O2/c1-2-24-12-15-7-9-23(10-8-15)20-17-11-16-5-3-4-6-19(16)25-13-18(17)21-14-22-20/h3-6,14-15H,2,7-13H2,1H3. The molecule has 1 saturated heterocycles. The van der Waals surface area contributed by atoms with Crippen LogP contribution in [0.15, 0.2) is 30.6 Å². The number of ether oxygens (including phenoxy) is 2. The van der Waals surface area contributed by atoms with Crippen LogP contribution in [-0.4, -0.2) is 36.3 Å². The number of para-hydroxylation sites is 1. The maximum absolute atomic E-state index is 5.95. The molecule has 0 aliphatic carbocycles. The molecule has 4 rings (SSSR count). The first-order chi connectivity index (χ1) is 12.3. The molecule has 1 fully saturated rings. The van der Waals surface area contributed by atoms with Crippen LogP contribution in [0.5, 0.6) is 5.75 Å². The van der Waals surface area contributed by atoms with Crippen molar-refractivity contribution in [2.45, 2.75) is 32.8 Å². The van der Waals surface area contributed by atoms with E-state index in [1.165, 1.54) is 11.1 Å². The van der Waals surface area contributed by atoms with Gasteiger partial charge in [-0.3, -0.25) is 0 Å². The molecule has 1 aromatic heterocycles. The Hall–Kier alpha value is -2.14. The Morgan fingerprint density at radius 1 is 1.20 bits per heavy atom. The first kappa shape index (κ1) is 16.3. The van der Waals surface area contributed by atoms with Crippen LogP contribution in [0.1, 0.15) is 36.6 Å². The molecule has 5 nitrogen and oxygen atoms in total. The molecule has 2 aliphatic heterocycles. The van der Waals surface area contributed by atoms with Crippen LogP contribution in [-0.2, 0) is 17.8 Å². The SMILES string of the molecule is CCOCC1CCN(c2ncnc3c2Cc2ccccc2OC3)CC1. The smallest absolute Gasteiger partial charge is 0.135 e. The van der Waals surface area contributed by atoms with Gasteiger partial charge in [0.05, 0.1) is 5.69 Å². The highest BCUT2D eigenvalue weighted by atomic mass is 16.5. The van der Waals surface area contributed by atoms with Crippen molar-refractivity contribution < 1.29 is 9.47 Å². The Morgan fingerprint density at radius 2 is 2.04 bits per heavy atom. The second-order valence-corrected chi connectivity index (χ2v) is 6.79. The van der Waals surface area contributed by atoms with Gasteiger partial charge in [0.25, 0.3) is 0 Å². The molecule has 2 aliphatic rings. The van der Waals surface area contributed by atoms with Crippen molar-refractivity contribution in [1.29, 1.82) is 0 Å². The normalized spacial score (nSPS) is 17.4. The van der Waals surface area contributed by atoms with Gasteiger partial charge in [-0.1, -0.05) is 18.2 Å². The van der Waals surface area contributed by atoms with E-state index in [9.17, 15) is 0 Å². The monoisotopic (exact) mass is 339 g/mol. The fraction of sp³-hybridized carbons (Fsp3) is 0.500. The summed E-state index contributed by atoms with van der Waals surface area (Å²) in [4.78, 5) is 11.5. The molecule has 5 heteroatoms. The van der Waals surface area contributed by atoms with E-state index < -0.39 is 0 Å². The minimum absolute atomic E-state index is 0.517. The maximum Gasteiger partial charge on any atom is 0.135 e. The molecule has 25 heavy (non-hydrogen) atoms. The molecular formula is C20H25N3O2. The highest BCUT2D eigenvalue weighted by Crippen LogP contribution is 2.33. The molecule has 0 atom stereocenters. The van der Waals surface area contributed by atoms with Gasteiger partial charge in [0.15, 0.2) is 0 Å². The van der Waals surface area contributed by atoms with E-state index in [2.05, 4.69) is 33.9 Å². The van der Waals surface area contributed by atoms with Gasteiger partial charge in [-0.15, -0.1) is 0 Å². The number of piperidine rings is 1. The first-order valence-electron chi connectivity index (χ1n) is 9.21. The average Bonchev–Trinajstić information content (AvgIpc) is 2.86. The Labute approximate surface area is 149 Å². The van der Waals surface area contributed by atoms with Crippen molar-refractivity contribution in [3.05, 3.63) is 47.4 Å². The lowest BCUT2D eigenvalue weighted by atomic mass is 9.96. The molecule has 0 N–H and O–H groups in total. The lowest BCUT2D eigenvalue weighted by molar-refractivity contribution is 0.100. The van der Waals surface area contributed by atoms with Gasteiger partial charge in [-0.25, -0.2) is 9.97 Å². The summed E-state index contributed by atoms with van der Waals surface area (Å²) in [5.74, 6) is 2.71. The Balaban J connectivity index is 1.55. The Morgan fingerprint density at radius 3 is 2.88 bits per heavy atom. The quantitative estimate of drug-likeness (QED) is 0.856. The van der Waals surface area contributed by atoms with Crippen LogP contribution >= 0.6 is 0 Å². The fourth-order valence-electron chi connectivity index (χ4n) is 3.74. The third kappa shape index (κ3) is 3.47. The summed E-state index contributed by atoms with van der Waals surface area (Å²) in [6.07, 6.45) is 4.83. The Bertz CT molecular complexity index is 727. The summed E-state index contributed by atoms with van der Waals surface area (Å²) in [5, 5.41) is 0. The molecule has 0 bridgehead atoms. The van der Waals surface area contributed by atoms with E-state index in [1.807, 2.05) is 12.1 Å². The zero-order chi connectivity index (χ0) is 17.1. The van der Waals surface area contributed by atoms with Crippen molar-refractivity contribution in [2.24, 2.45) is 5.92 Å². The molecule has 2 aromatic rings. The van der Waals surface area contributed by atoms with E-state index in [0.717, 1.165) is 62.8 Å². The largest absolute Gasteiger partial charge is 0.487 e. The fourth-order valence-corrected chi connectivity index (χ4v) is 3.74. The van der Waals surface area contributed by atoms with Gasteiger partial charge in [0.1, 0.15) is 24.5 Å². The van der Waals surface area contributed by atoms with Crippen molar-refractivity contribution in [1.82, 2.24) is 9.97 Å². The van der Waals surface area contributed by atoms with Gasteiger partial charge in [0.2, 0.25) is 0 Å². The van der Waals surface area contributed by atoms with Crippen LogP contribution in [0, 0.1) is 5.92 Å². The van der Waals surface area contributed by atoms with Crippen LogP contribution in [0.3, 0.4) is 0 Å². The zero-order valence-corrected chi connectivity index (χ0v) is 14.8. The summed E-state index contributed by atoms with van der Waals surface area (Å²) in [5.41, 5.74) is 3.44. The van der Waals surface area contributed by atoms with E-state index in [0.29, 0.717) is 12.5 Å². The van der Waals surface area contributed by atoms with E-state index in [-0.39, 0.29) is 0 Å². The van der Waals surface area contributed by atoms with Gasteiger partial charge in [-0.2, -0.15) is 0 Å². The maximum atomic E-state index is 5.95. The molecule has 0 amide bonds. The number of anilines is 1. The van der Waals surface area contributed by atoms with E-state index in [1.54, 1.807) is 6.33 Å². The first-order valence-corrected chi connectivity index (χ1v) is 9.21. The predicted molar refractivity (Wildman–Crippen MR) is 97.0 cm³/mol. The summed E-state index contributed by atoms with van der Waals surface area (Å²) in [7, 11) is 0. The second-order valence-electron chi connectivity index (χ2n) is 6.79. The number of nitrogens with zero attached hydrogens (tertiary/aromatic N) is 3. The van der Waals surface area contributed by atoms with E-state index in [4.69, 9.17) is 9.47 Å². The number of rotatable bonds is 4. The van der Waals surface area contributed by atoms with Gasteiger partial charge in [0, 0.05) is 38.3 Å². The summed E-state index contributed by atoms with van der Waals surface area (Å²) < 4.78 is 11.6. The summed E-state index contributed by atoms with van der Waals surface area (Å²) in [6, 6.07) is 8.25. The predicted octanol–water partition coefficient (Wildman–Crippen LogP) is 3.21. The van der Waals surface area contributed by atoms with Crippen molar-refractivity contribution in [2.75, 3.05) is 31.2 Å². The lowest BCUT2D eigenvalue weighted by Crippen LogP contribution is -2.36. The minimum Gasteiger partial charge on any atom is -0.487 e. The molecule has 1 aromatic carbocycles. The van der Waals surface area contributed by atoms with E-state index >= 15 is 0 Å². The number of hydrogen-bond donors (Lipinski definition) is 0. The zero-order valence-electron chi connectivity index (χ0n) is 14.8. The molecule has 132 valence electrons. The van der Waals surface area contributed by atoms with Crippen LogP contribution in [0.25, 0.3) is 0 Å². The average molecular weight is 339 g/mol. The van der Waals surface area contributed by atoms with Crippen molar-refractivity contribution in [3.63, 3.8) is 0 Å². The summed E-state index contributed by atoms with van der Waals surface area (Å²) in [6.45, 7) is 6.33. The third-order valence-electron chi connectivity index (χ3n) is 5.19. The van der Waals surface area contributed by atoms with Gasteiger partial charge < -0.3 is 14.4 Å². The molecule has 0 unspecified atom stereocenters. The highest BCUT2D eigenvalue weighted by molar-refractivity contribution is 5.53. The number of benzene rings is 1.